The maximum Gasteiger partial charge on any atom is 0.397 e. The van der Waals surface area contributed by atoms with Crippen molar-refractivity contribution in [2.45, 2.75) is 154 Å². The fourth-order valence-corrected chi connectivity index (χ4v) is 13.5. The molecule has 4 fully saturated rings. The molecule has 0 radical (unpaired) electrons. The first-order valence-electron chi connectivity index (χ1n) is 25.8. The lowest BCUT2D eigenvalue weighted by molar-refractivity contribution is -0.435. The third-order valence-corrected chi connectivity index (χ3v) is 17.2. The van der Waals surface area contributed by atoms with E-state index in [4.69, 9.17) is 79.9 Å². The van der Waals surface area contributed by atoms with E-state index < -0.39 is 281 Å². The van der Waals surface area contributed by atoms with Gasteiger partial charge in [-0.1, -0.05) is 5.04 Å². The summed E-state index contributed by atoms with van der Waals surface area (Å²) in [6.45, 7) is -4.80. The second-order valence-electron chi connectivity index (χ2n) is 19.4. The lowest BCUT2D eigenvalue weighted by Gasteiger charge is -2.50. The zero-order valence-corrected chi connectivity index (χ0v) is 57.6. The van der Waals surface area contributed by atoms with Crippen molar-refractivity contribution in [1.29, 1.82) is 0 Å². The maximum absolute atomic E-state index is 13.3. The van der Waals surface area contributed by atoms with E-state index in [1.54, 1.807) is 0 Å². The van der Waals surface area contributed by atoms with Gasteiger partial charge in [0.25, 0.3) is 0 Å². The van der Waals surface area contributed by atoms with Gasteiger partial charge in [0.2, 0.25) is 0 Å². The molecule has 24 atom stereocenters. The first-order chi connectivity index (χ1) is 45.8. The van der Waals surface area contributed by atoms with E-state index in [2.05, 4.69) is 38.7 Å². The molecular formula is C36H62O55S9. The summed E-state index contributed by atoms with van der Waals surface area (Å²) in [7, 11) is -43.1. The second-order valence-corrected chi connectivity index (χ2v) is 28.4. The zero-order chi connectivity index (χ0) is 76.2. The third kappa shape index (κ3) is 28.3. The number of aliphatic carboxylic acids is 2. The third-order valence-electron chi connectivity index (χ3n) is 13.2. The first kappa shape index (κ1) is 89.9. The van der Waals surface area contributed by atoms with Crippen LogP contribution in [0.3, 0.4) is 0 Å². The molecule has 0 aromatic heterocycles. The summed E-state index contributed by atoms with van der Waals surface area (Å²) in [4.78, 5) is 26.1. The number of ether oxygens (including phenoxy) is 14. The normalized spacial score (nSPS) is 32.9. The molecule has 590 valence electrons. The highest BCUT2D eigenvalue weighted by molar-refractivity contribution is 7.89. The average Bonchev–Trinajstić information content (AvgIpc) is 0.763. The van der Waals surface area contributed by atoms with Crippen molar-refractivity contribution in [3.05, 3.63) is 0 Å². The Morgan fingerprint density at radius 2 is 0.810 bits per heavy atom. The molecule has 0 amide bonds. The zero-order valence-electron chi connectivity index (χ0n) is 50.3. The molecule has 12 N–H and O–H groups in total. The molecule has 4 saturated heterocycles. The van der Waals surface area contributed by atoms with Gasteiger partial charge in [0.05, 0.1) is 26.2 Å². The predicted octanol–water partition coefficient (Wildman–Crippen LogP) is -8.21. The summed E-state index contributed by atoms with van der Waals surface area (Å²) in [6, 6.07) is 0. The van der Waals surface area contributed by atoms with Crippen LogP contribution in [-0.2, 0) is 206 Å². The standard InChI is InChI=1S/C36H62O55S9/c1-67-16(26(86-97(55,56)57)32(41)80-18-13(9-74-94(46,47)48)77-33(72-6)28(21(18)70-4)87-98(58,59)60)11(7-15(37)38)76-35-30(89-100(64,65)66)24(85-96(52,53)54)19(14(79-35)10-75-95(49,50)51)81-34-27(84-92-91-90-42)22(71-5)23(25(83-34)31(39)40)82-36-29(88-99(61,62)63)20(69-3)17(68-2)12(78-36)8-73-93(43,44)45/h11-14,16-30,32-36,41-42H,7-10H2,1-6H3,(H,37,38)(H,39,40)(H,43,44,45)(H,46,47,48)(H,49,50,51)(H,52,53,54)(H,55,56,57)(H,58,59,60)(H,61,62,63)(H,64,65,66)/t11-,12-,13-,14?,16+,17+,18+,19+,20?,21?,22?,23-,24-,25+,26?,27?,28?,29?,30?,32-,33-,34+,35+,36+/m0/s1. The summed E-state index contributed by atoms with van der Waals surface area (Å²) in [5.41, 5.74) is 0. The molecule has 4 aliphatic rings. The lowest BCUT2D eigenvalue weighted by Crippen LogP contribution is -2.68. The molecule has 4 rings (SSSR count). The minimum absolute atomic E-state index is 0.427. The summed E-state index contributed by atoms with van der Waals surface area (Å²) < 4.78 is 396. The maximum atomic E-state index is 13.3. The van der Waals surface area contributed by atoms with Gasteiger partial charge in [-0.05, 0) is 0 Å². The fraction of sp³-hybridized carbons (Fsp3) is 0.944. The number of methoxy groups -OCH3 is 6. The molecule has 0 aliphatic carbocycles. The molecular weight excluding hydrogens is 1600 g/mol. The van der Waals surface area contributed by atoms with Gasteiger partial charge < -0.3 is 81.6 Å². The van der Waals surface area contributed by atoms with Crippen LogP contribution in [0, 0.1) is 0 Å². The monoisotopic (exact) mass is 1660 g/mol. The molecule has 64 heteroatoms. The van der Waals surface area contributed by atoms with Crippen molar-refractivity contribution in [2.75, 3.05) is 62.5 Å². The number of carboxylic acid groups (broad SMARTS) is 2. The summed E-state index contributed by atoms with van der Waals surface area (Å²) in [6.07, 6.45) is -66.3. The Bertz CT molecular complexity index is 3600. The number of aliphatic hydroxyl groups excluding tert-OH is 1. The Kier molecular flexibility index (Phi) is 33.6. The SMILES string of the molecule is COC1C(OS(=O)(=O)O)[C@@H](O[C@H]2C(OC)C(OSOOO)[C@H](O[C@@H]3C(COS(=O)(=O)O)O[C@@H](O[C@@H](CC(=O)O)[C@@H](OC)C(OS(=O)(=O)O)[C@@H](O)O[C@H]4C(OC)C(OS(=O)(=O)O)[C@@H](OC)O[C@H]4COS(=O)(=O)O)C(OS(=O)(=O)O)[C@H]3OS(=O)(=O)O)O[C@H]2C(=O)O)O[C@@H](COS(=O)(=O)O)[C@H]1OC. The summed E-state index contributed by atoms with van der Waals surface area (Å²) in [5.74, 6) is -4.52. The van der Waals surface area contributed by atoms with Crippen LogP contribution in [0.1, 0.15) is 6.42 Å². The van der Waals surface area contributed by atoms with Crippen molar-refractivity contribution < 1.29 is 247 Å². The van der Waals surface area contributed by atoms with E-state index in [-0.39, 0.29) is 0 Å². The highest BCUT2D eigenvalue weighted by Gasteiger charge is 2.61. The fourth-order valence-electron chi connectivity index (χ4n) is 9.79. The molecule has 4 aliphatic heterocycles. The number of carbonyl (C=O) groups is 2. The minimum atomic E-state index is -6.41. The molecule has 4 heterocycles. The van der Waals surface area contributed by atoms with Gasteiger partial charge in [0.1, 0.15) is 79.4 Å². The van der Waals surface area contributed by atoms with E-state index in [1.165, 1.54) is 0 Å². The smallest absolute Gasteiger partial charge is 0.397 e. The van der Waals surface area contributed by atoms with Gasteiger partial charge in [-0.2, -0.15) is 67.3 Å². The number of hydrogen-bond acceptors (Lipinski definition) is 46. The topological polar surface area (TPSA) is 781 Å². The Morgan fingerprint density at radius 1 is 0.420 bits per heavy atom. The molecule has 0 aromatic rings. The van der Waals surface area contributed by atoms with Crippen molar-refractivity contribution in [1.82, 2.24) is 0 Å². The van der Waals surface area contributed by atoms with E-state index >= 15 is 0 Å². The van der Waals surface area contributed by atoms with Gasteiger partial charge >= 0.3 is 95.1 Å². The number of rotatable bonds is 43. The van der Waals surface area contributed by atoms with Gasteiger partial charge in [0.15, 0.2) is 80.4 Å². The molecule has 9 unspecified atom stereocenters. The Morgan fingerprint density at radius 3 is 1.22 bits per heavy atom. The summed E-state index contributed by atoms with van der Waals surface area (Å²) >= 11 is -0.548. The van der Waals surface area contributed by atoms with Gasteiger partial charge in [0, 0.05) is 42.7 Å². The molecule has 0 spiro atoms. The minimum Gasteiger partial charge on any atom is -0.481 e. The van der Waals surface area contributed by atoms with Gasteiger partial charge in [-0.25, -0.2) is 43.5 Å². The van der Waals surface area contributed by atoms with Crippen LogP contribution < -0.4 is 0 Å². The number of hydrogen-bond donors (Lipinski definition) is 12. The van der Waals surface area contributed by atoms with Crippen LogP contribution >= 0.6 is 12.3 Å². The van der Waals surface area contributed by atoms with Crippen LogP contribution in [0.5, 0.6) is 0 Å². The van der Waals surface area contributed by atoms with Crippen LogP contribution in [0.25, 0.3) is 0 Å². The van der Waals surface area contributed by atoms with Gasteiger partial charge in [-0.3, -0.25) is 45.4 Å². The van der Waals surface area contributed by atoms with Crippen molar-refractivity contribution in [2.24, 2.45) is 0 Å². The van der Waals surface area contributed by atoms with Crippen molar-refractivity contribution >= 4 is 107 Å². The Hall–Kier alpha value is -2.51. The highest BCUT2D eigenvalue weighted by Crippen LogP contribution is 2.41. The van der Waals surface area contributed by atoms with E-state index in [0.29, 0.717) is 21.3 Å². The molecule has 0 bridgehead atoms. The summed E-state index contributed by atoms with van der Waals surface area (Å²) in [5, 5.41) is 45.1. The Balaban J connectivity index is 1.99. The Labute approximate surface area is 568 Å². The van der Waals surface area contributed by atoms with Crippen molar-refractivity contribution in [3.63, 3.8) is 0 Å². The largest absolute Gasteiger partial charge is 0.481 e. The van der Waals surface area contributed by atoms with Crippen LogP contribution in [0.15, 0.2) is 0 Å². The first-order valence-corrected chi connectivity index (χ1v) is 37.4. The quantitative estimate of drug-likeness (QED) is 0.00674. The van der Waals surface area contributed by atoms with Crippen LogP contribution in [0.4, 0.5) is 0 Å². The van der Waals surface area contributed by atoms with E-state index in [9.17, 15) is 129 Å². The van der Waals surface area contributed by atoms with Crippen LogP contribution in [0.2, 0.25) is 0 Å². The molecule has 55 nitrogen and oxygen atoms in total. The molecule has 0 saturated carbocycles. The molecule has 0 aromatic carbocycles. The van der Waals surface area contributed by atoms with E-state index in [0.717, 1.165) is 21.3 Å². The predicted molar refractivity (Wildman–Crippen MR) is 293 cm³/mol. The number of carboxylic acids is 2. The van der Waals surface area contributed by atoms with Crippen molar-refractivity contribution in [3.8, 4) is 0 Å². The second kappa shape index (κ2) is 37.3. The van der Waals surface area contributed by atoms with Crippen LogP contribution in [-0.4, -0.2) is 346 Å². The molecule has 100 heavy (non-hydrogen) atoms. The lowest BCUT2D eigenvalue weighted by atomic mass is 9.95. The van der Waals surface area contributed by atoms with Gasteiger partial charge in [-0.15, -0.1) is 4.33 Å². The van der Waals surface area contributed by atoms with E-state index in [1.807, 2.05) is 0 Å². The average molecular weight is 1660 g/mol. The highest BCUT2D eigenvalue weighted by atomic mass is 32.3. The number of aliphatic hydroxyl groups is 1.